The fourth-order valence-electron chi connectivity index (χ4n) is 3.20. The van der Waals surface area contributed by atoms with Gasteiger partial charge in [-0.1, -0.05) is 30.3 Å². The van der Waals surface area contributed by atoms with Crippen LogP contribution >= 0.6 is 0 Å². The van der Waals surface area contributed by atoms with Crippen LogP contribution in [0, 0.1) is 0 Å². The molecule has 5 nitrogen and oxygen atoms in total. The minimum absolute atomic E-state index is 0.0772. The van der Waals surface area contributed by atoms with Gasteiger partial charge in [0.1, 0.15) is 6.42 Å². The van der Waals surface area contributed by atoms with Crippen molar-refractivity contribution >= 4 is 23.6 Å². The molecule has 0 radical (unpaired) electrons. The van der Waals surface area contributed by atoms with E-state index in [1.807, 2.05) is 29.2 Å². The molecule has 5 heteroatoms. The first kappa shape index (κ1) is 14.8. The predicted octanol–water partition coefficient (Wildman–Crippen LogP) is -0.565. The summed E-state index contributed by atoms with van der Waals surface area (Å²) < 4.78 is 0. The molecule has 1 aromatic carbocycles. The molecule has 0 aromatic heterocycles. The van der Waals surface area contributed by atoms with Gasteiger partial charge in [-0.15, -0.1) is 0 Å². The number of unbranched alkanes of at least 4 members (excludes halogenated alkanes) is 1. The second-order valence-corrected chi connectivity index (χ2v) is 5.76. The maximum atomic E-state index is 12.4. The summed E-state index contributed by atoms with van der Waals surface area (Å²) in [5.74, 6) is -0.315. The standard InChI is InChI=1S/C17H21N3O2/c18-9-3-4-10-20-14-8-7-12-5-1-2-6-13(12)17(14)19-15(21)11-16(20)22/h1-2,5-7,14H,3-4,8-11,18H2,(H,19,21). The molecule has 1 saturated heterocycles. The number of fused-ring (bicyclic) bond motifs is 2. The highest BCUT2D eigenvalue weighted by Gasteiger charge is 2.33. The van der Waals surface area contributed by atoms with E-state index in [2.05, 4.69) is 11.4 Å². The van der Waals surface area contributed by atoms with Gasteiger partial charge < -0.3 is 16.0 Å². The molecule has 0 spiro atoms. The number of hydrogen-bond acceptors (Lipinski definition) is 3. The minimum Gasteiger partial charge on any atom is -0.333 e. The third-order valence-corrected chi connectivity index (χ3v) is 4.28. The Kier molecular flexibility index (Phi) is 4.24. The second-order valence-electron chi connectivity index (χ2n) is 5.76. The zero-order valence-corrected chi connectivity index (χ0v) is 12.5. The fraction of sp³-hybridized carbons (Fsp3) is 0.412. The van der Waals surface area contributed by atoms with Crippen LogP contribution in [0.2, 0.25) is 0 Å². The molecule has 22 heavy (non-hydrogen) atoms. The number of hydrogen-bond donors (Lipinski definition) is 2. The SMILES string of the molecule is NCCCCN1C(=O)CC(=O)NC2=c3ccccc3=CCC21. The van der Waals surface area contributed by atoms with Crippen LogP contribution in [0.5, 0.6) is 0 Å². The molecule has 3 rings (SSSR count). The van der Waals surface area contributed by atoms with Crippen molar-refractivity contribution in [3.8, 4) is 0 Å². The van der Waals surface area contributed by atoms with Gasteiger partial charge in [0.2, 0.25) is 11.8 Å². The number of carbonyl (C=O) groups is 2. The first-order valence-corrected chi connectivity index (χ1v) is 7.79. The van der Waals surface area contributed by atoms with E-state index < -0.39 is 0 Å². The van der Waals surface area contributed by atoms with Crippen molar-refractivity contribution in [3.63, 3.8) is 0 Å². The number of nitrogens with two attached hydrogens (primary N) is 1. The van der Waals surface area contributed by atoms with Gasteiger partial charge in [0.15, 0.2) is 0 Å². The van der Waals surface area contributed by atoms with Gasteiger partial charge in [-0.05, 0) is 31.0 Å². The fourth-order valence-corrected chi connectivity index (χ4v) is 3.20. The van der Waals surface area contributed by atoms with E-state index in [9.17, 15) is 9.59 Å². The van der Waals surface area contributed by atoms with Gasteiger partial charge in [-0.3, -0.25) is 9.59 Å². The molecular formula is C17H21N3O2. The van der Waals surface area contributed by atoms with Crippen molar-refractivity contribution < 1.29 is 9.59 Å². The Hall–Kier alpha value is -2.14. The average molecular weight is 299 g/mol. The zero-order chi connectivity index (χ0) is 15.5. The third-order valence-electron chi connectivity index (χ3n) is 4.28. The molecular weight excluding hydrogens is 278 g/mol. The lowest BCUT2D eigenvalue weighted by Crippen LogP contribution is -2.47. The smallest absolute Gasteiger partial charge is 0.233 e. The summed E-state index contributed by atoms with van der Waals surface area (Å²) in [6.07, 6.45) is 4.55. The molecule has 1 aromatic rings. The molecule has 1 fully saturated rings. The van der Waals surface area contributed by atoms with E-state index in [1.54, 1.807) is 0 Å². The quantitative estimate of drug-likeness (QED) is 0.578. The summed E-state index contributed by atoms with van der Waals surface area (Å²) in [5.41, 5.74) is 6.41. The van der Waals surface area contributed by atoms with Crippen molar-refractivity contribution in [2.75, 3.05) is 13.1 Å². The summed E-state index contributed by atoms with van der Waals surface area (Å²) in [6, 6.07) is 7.91. The number of amides is 2. The molecule has 1 aliphatic heterocycles. The van der Waals surface area contributed by atoms with E-state index in [4.69, 9.17) is 5.73 Å². The third kappa shape index (κ3) is 2.76. The molecule has 1 atom stereocenters. The van der Waals surface area contributed by atoms with Crippen LogP contribution in [0.25, 0.3) is 11.8 Å². The summed E-state index contributed by atoms with van der Waals surface area (Å²) in [5, 5.41) is 5.09. The Labute approximate surface area is 129 Å². The molecule has 116 valence electrons. The van der Waals surface area contributed by atoms with Crippen molar-refractivity contribution in [3.05, 3.63) is 34.7 Å². The topological polar surface area (TPSA) is 75.4 Å². The summed E-state index contributed by atoms with van der Waals surface area (Å²) in [4.78, 5) is 26.3. The highest BCUT2D eigenvalue weighted by molar-refractivity contribution is 6.02. The predicted molar refractivity (Wildman–Crippen MR) is 84.7 cm³/mol. The Morgan fingerprint density at radius 2 is 2.05 bits per heavy atom. The van der Waals surface area contributed by atoms with Gasteiger partial charge in [-0.2, -0.15) is 0 Å². The van der Waals surface area contributed by atoms with E-state index >= 15 is 0 Å². The first-order valence-electron chi connectivity index (χ1n) is 7.79. The van der Waals surface area contributed by atoms with E-state index in [1.165, 1.54) is 0 Å². The molecule has 1 unspecified atom stereocenters. The molecule has 2 aliphatic rings. The van der Waals surface area contributed by atoms with E-state index in [-0.39, 0.29) is 24.3 Å². The lowest BCUT2D eigenvalue weighted by Gasteiger charge is -2.32. The van der Waals surface area contributed by atoms with E-state index in [0.717, 1.165) is 35.4 Å². The Morgan fingerprint density at radius 1 is 1.23 bits per heavy atom. The number of rotatable bonds is 4. The maximum absolute atomic E-state index is 12.4. The normalized spacial score (nSPS) is 20.7. The number of nitrogens with zero attached hydrogens (tertiary/aromatic N) is 1. The first-order chi connectivity index (χ1) is 10.7. The second kappa shape index (κ2) is 6.32. The van der Waals surface area contributed by atoms with Gasteiger partial charge in [0, 0.05) is 17.5 Å². The number of carbonyl (C=O) groups excluding carboxylic acids is 2. The lowest BCUT2D eigenvalue weighted by atomic mass is 9.98. The van der Waals surface area contributed by atoms with Crippen molar-refractivity contribution in [1.29, 1.82) is 0 Å². The van der Waals surface area contributed by atoms with Crippen molar-refractivity contribution in [1.82, 2.24) is 10.2 Å². The van der Waals surface area contributed by atoms with Crippen molar-refractivity contribution in [2.45, 2.75) is 31.7 Å². The number of nitrogens with one attached hydrogen (secondary N) is 1. The van der Waals surface area contributed by atoms with Crippen LogP contribution in [0.3, 0.4) is 0 Å². The Morgan fingerprint density at radius 3 is 2.86 bits per heavy atom. The van der Waals surface area contributed by atoms with Crippen LogP contribution in [0.15, 0.2) is 24.3 Å². The molecule has 1 heterocycles. The zero-order valence-electron chi connectivity index (χ0n) is 12.5. The Bertz CT molecular complexity index is 711. The van der Waals surface area contributed by atoms with Crippen molar-refractivity contribution in [2.24, 2.45) is 5.73 Å². The monoisotopic (exact) mass is 299 g/mol. The van der Waals surface area contributed by atoms with Crippen LogP contribution in [-0.4, -0.2) is 35.8 Å². The van der Waals surface area contributed by atoms with Gasteiger partial charge in [0.25, 0.3) is 0 Å². The summed E-state index contributed by atoms with van der Waals surface area (Å²) in [7, 11) is 0. The molecule has 0 saturated carbocycles. The van der Waals surface area contributed by atoms with Gasteiger partial charge in [-0.25, -0.2) is 0 Å². The highest BCUT2D eigenvalue weighted by Crippen LogP contribution is 2.20. The van der Waals surface area contributed by atoms with Crippen LogP contribution in [0.4, 0.5) is 0 Å². The lowest BCUT2D eigenvalue weighted by molar-refractivity contribution is -0.135. The van der Waals surface area contributed by atoms with Gasteiger partial charge >= 0.3 is 0 Å². The number of benzene rings is 1. The van der Waals surface area contributed by atoms with Crippen LogP contribution in [0.1, 0.15) is 25.7 Å². The summed E-state index contributed by atoms with van der Waals surface area (Å²) in [6.45, 7) is 1.27. The van der Waals surface area contributed by atoms with Crippen LogP contribution in [-0.2, 0) is 9.59 Å². The molecule has 3 N–H and O–H groups in total. The largest absolute Gasteiger partial charge is 0.333 e. The molecule has 2 amide bonds. The van der Waals surface area contributed by atoms with E-state index in [0.29, 0.717) is 13.1 Å². The molecule has 1 aliphatic carbocycles. The minimum atomic E-state index is -0.219. The van der Waals surface area contributed by atoms with Gasteiger partial charge in [0.05, 0.1) is 6.04 Å². The molecule has 0 bridgehead atoms. The summed E-state index contributed by atoms with van der Waals surface area (Å²) >= 11 is 0. The van der Waals surface area contributed by atoms with Crippen LogP contribution < -0.4 is 21.5 Å². The highest BCUT2D eigenvalue weighted by atomic mass is 16.2. The Balaban J connectivity index is 2.02. The maximum Gasteiger partial charge on any atom is 0.233 e. The average Bonchev–Trinajstić information content (AvgIpc) is 2.64.